The van der Waals surface area contributed by atoms with Gasteiger partial charge in [0.25, 0.3) is 0 Å². The third-order valence-corrected chi connectivity index (χ3v) is 6.24. The van der Waals surface area contributed by atoms with E-state index in [1.165, 1.54) is 4.31 Å². The van der Waals surface area contributed by atoms with E-state index in [4.69, 9.17) is 0 Å². The zero-order chi connectivity index (χ0) is 17.3. The molecule has 2 aliphatic rings. The van der Waals surface area contributed by atoms with Crippen molar-refractivity contribution in [2.24, 2.45) is 0 Å². The first-order valence-corrected chi connectivity index (χ1v) is 9.28. The molecule has 24 heavy (non-hydrogen) atoms. The van der Waals surface area contributed by atoms with Crippen molar-refractivity contribution in [1.82, 2.24) is 14.5 Å². The molecule has 1 aromatic carbocycles. The number of carbonyl (C=O) groups is 1. The maximum absolute atomic E-state index is 13.4. The summed E-state index contributed by atoms with van der Waals surface area (Å²) >= 11 is 0. The predicted molar refractivity (Wildman–Crippen MR) is 82.7 cm³/mol. The van der Waals surface area contributed by atoms with E-state index >= 15 is 0 Å². The molecule has 3 rings (SSSR count). The van der Waals surface area contributed by atoms with Crippen LogP contribution in [-0.4, -0.2) is 62.3 Å². The third kappa shape index (κ3) is 3.42. The van der Waals surface area contributed by atoms with E-state index in [0.717, 1.165) is 18.6 Å². The summed E-state index contributed by atoms with van der Waals surface area (Å²) in [7, 11) is -4.00. The van der Waals surface area contributed by atoms with Crippen molar-refractivity contribution in [3.8, 4) is 0 Å². The summed E-state index contributed by atoms with van der Waals surface area (Å²) in [6.07, 6.45) is 1.31. The lowest BCUT2D eigenvalue weighted by Crippen LogP contribution is -2.57. The molecule has 0 aromatic heterocycles. The van der Waals surface area contributed by atoms with E-state index in [-0.39, 0.29) is 31.6 Å². The lowest BCUT2D eigenvalue weighted by molar-refractivity contribution is -0.135. The molecule has 1 atom stereocenters. The summed E-state index contributed by atoms with van der Waals surface area (Å²) in [5, 5.41) is 2.98. The summed E-state index contributed by atoms with van der Waals surface area (Å²) in [5.74, 6) is -1.92. The van der Waals surface area contributed by atoms with Gasteiger partial charge in [0.1, 0.15) is 11.6 Å². The Morgan fingerprint density at radius 2 is 1.83 bits per heavy atom. The number of halogens is 2. The average Bonchev–Trinajstić information content (AvgIpc) is 2.54. The maximum atomic E-state index is 13.4. The normalized spacial score (nSPS) is 23.5. The number of piperazine rings is 1. The Bertz CT molecular complexity index is 721. The van der Waals surface area contributed by atoms with Crippen molar-refractivity contribution in [3.63, 3.8) is 0 Å². The van der Waals surface area contributed by atoms with Crippen LogP contribution in [-0.2, 0) is 14.8 Å². The second-order valence-electron chi connectivity index (χ2n) is 6.03. The monoisotopic (exact) mass is 359 g/mol. The molecule has 1 aromatic rings. The van der Waals surface area contributed by atoms with Gasteiger partial charge >= 0.3 is 0 Å². The largest absolute Gasteiger partial charge is 0.336 e. The van der Waals surface area contributed by atoms with Crippen LogP contribution in [0.2, 0.25) is 0 Å². The highest BCUT2D eigenvalue weighted by atomic mass is 32.2. The summed E-state index contributed by atoms with van der Waals surface area (Å²) in [5.41, 5.74) is 0. The molecule has 0 bridgehead atoms. The van der Waals surface area contributed by atoms with Gasteiger partial charge in [-0.15, -0.1) is 0 Å². The highest BCUT2D eigenvalue weighted by Crippen LogP contribution is 2.24. The van der Waals surface area contributed by atoms with Crippen molar-refractivity contribution in [2.45, 2.75) is 23.8 Å². The van der Waals surface area contributed by atoms with E-state index in [1.54, 1.807) is 4.90 Å². The van der Waals surface area contributed by atoms with Gasteiger partial charge in [-0.2, -0.15) is 4.31 Å². The van der Waals surface area contributed by atoms with Crippen LogP contribution >= 0.6 is 0 Å². The summed E-state index contributed by atoms with van der Waals surface area (Å²) in [6, 6.07) is 2.06. The van der Waals surface area contributed by atoms with Crippen molar-refractivity contribution >= 4 is 15.9 Å². The lowest BCUT2D eigenvalue weighted by Gasteiger charge is -2.40. The number of piperidine rings is 1. The van der Waals surface area contributed by atoms with E-state index in [2.05, 4.69) is 5.32 Å². The molecular weight excluding hydrogens is 340 g/mol. The minimum atomic E-state index is -4.00. The Balaban J connectivity index is 1.81. The summed E-state index contributed by atoms with van der Waals surface area (Å²) < 4.78 is 53.3. The van der Waals surface area contributed by atoms with Gasteiger partial charge in [-0.3, -0.25) is 4.79 Å². The van der Waals surface area contributed by atoms with Crippen LogP contribution in [0, 0.1) is 11.6 Å². The average molecular weight is 359 g/mol. The number of nitrogens with one attached hydrogen (secondary N) is 1. The molecule has 0 aliphatic carbocycles. The number of amides is 1. The molecule has 2 heterocycles. The van der Waals surface area contributed by atoms with Crippen LogP contribution in [0.1, 0.15) is 12.8 Å². The maximum Gasteiger partial charge on any atom is 0.243 e. The van der Waals surface area contributed by atoms with Gasteiger partial charge in [0.05, 0.1) is 11.4 Å². The lowest BCUT2D eigenvalue weighted by atomic mass is 10.1. The fraction of sp³-hybridized carbons (Fsp3) is 0.533. The molecule has 1 unspecified atom stereocenters. The number of sulfonamides is 1. The Labute approximate surface area is 139 Å². The van der Waals surface area contributed by atoms with E-state index < -0.39 is 26.6 Å². The zero-order valence-electron chi connectivity index (χ0n) is 13.0. The van der Waals surface area contributed by atoms with E-state index in [0.29, 0.717) is 25.6 Å². The molecule has 132 valence electrons. The van der Waals surface area contributed by atoms with Gasteiger partial charge in [-0.25, -0.2) is 17.2 Å². The summed E-state index contributed by atoms with van der Waals surface area (Å²) in [6.45, 7) is 1.87. The van der Waals surface area contributed by atoms with Crippen LogP contribution in [0.4, 0.5) is 8.78 Å². The topological polar surface area (TPSA) is 69.7 Å². The molecule has 2 saturated heterocycles. The summed E-state index contributed by atoms with van der Waals surface area (Å²) in [4.78, 5) is 13.3. The Kier molecular flexibility index (Phi) is 4.84. The highest BCUT2D eigenvalue weighted by molar-refractivity contribution is 7.89. The van der Waals surface area contributed by atoms with Gasteiger partial charge in [0.2, 0.25) is 15.9 Å². The molecule has 1 amide bonds. The van der Waals surface area contributed by atoms with E-state index in [1.807, 2.05) is 0 Å². The van der Waals surface area contributed by atoms with Crippen LogP contribution in [0.5, 0.6) is 0 Å². The predicted octanol–water partition coefficient (Wildman–Crippen LogP) is 0.550. The molecule has 2 fully saturated rings. The SMILES string of the molecule is O=C1CNCCN1C1CCCN(S(=O)(=O)c2cc(F)cc(F)c2)C1. The first-order valence-electron chi connectivity index (χ1n) is 7.84. The van der Waals surface area contributed by atoms with Gasteiger partial charge in [-0.05, 0) is 25.0 Å². The Hall–Kier alpha value is -1.58. The first-order chi connectivity index (χ1) is 11.4. The molecule has 0 radical (unpaired) electrons. The second kappa shape index (κ2) is 6.73. The third-order valence-electron chi connectivity index (χ3n) is 4.40. The molecular formula is C15H19F2N3O3S. The first kappa shape index (κ1) is 17.2. The highest BCUT2D eigenvalue weighted by Gasteiger charge is 2.35. The van der Waals surface area contributed by atoms with Crippen LogP contribution in [0.15, 0.2) is 23.1 Å². The zero-order valence-corrected chi connectivity index (χ0v) is 13.9. The van der Waals surface area contributed by atoms with Crippen LogP contribution < -0.4 is 5.32 Å². The number of rotatable bonds is 3. The van der Waals surface area contributed by atoms with Crippen LogP contribution in [0.25, 0.3) is 0 Å². The number of nitrogens with zero attached hydrogens (tertiary/aromatic N) is 2. The van der Waals surface area contributed by atoms with E-state index in [9.17, 15) is 22.0 Å². The number of benzene rings is 1. The van der Waals surface area contributed by atoms with Gasteiger partial charge < -0.3 is 10.2 Å². The number of hydrogen-bond donors (Lipinski definition) is 1. The molecule has 1 N–H and O–H groups in total. The molecule has 2 aliphatic heterocycles. The standard InChI is InChI=1S/C15H19F2N3O3S/c16-11-6-12(17)8-14(7-11)24(22,23)19-4-1-2-13(10-19)20-5-3-18-9-15(20)21/h6-8,13,18H,1-5,9-10H2. The van der Waals surface area contributed by atoms with Gasteiger partial charge in [0.15, 0.2) is 0 Å². The Morgan fingerprint density at radius 1 is 1.12 bits per heavy atom. The van der Waals surface area contributed by atoms with Crippen molar-refractivity contribution in [2.75, 3.05) is 32.7 Å². The fourth-order valence-electron chi connectivity index (χ4n) is 3.23. The number of hydrogen-bond acceptors (Lipinski definition) is 4. The van der Waals surface area contributed by atoms with Crippen molar-refractivity contribution < 1.29 is 22.0 Å². The second-order valence-corrected chi connectivity index (χ2v) is 7.97. The minimum absolute atomic E-state index is 0.0534. The fourth-order valence-corrected chi connectivity index (χ4v) is 4.79. The van der Waals surface area contributed by atoms with Gasteiger partial charge in [0, 0.05) is 38.3 Å². The van der Waals surface area contributed by atoms with Gasteiger partial charge in [-0.1, -0.05) is 0 Å². The minimum Gasteiger partial charge on any atom is -0.336 e. The van der Waals surface area contributed by atoms with Crippen LogP contribution in [0.3, 0.4) is 0 Å². The smallest absolute Gasteiger partial charge is 0.243 e. The van der Waals surface area contributed by atoms with Crippen molar-refractivity contribution in [1.29, 1.82) is 0 Å². The quantitative estimate of drug-likeness (QED) is 0.856. The van der Waals surface area contributed by atoms with Crippen molar-refractivity contribution in [3.05, 3.63) is 29.8 Å². The molecule has 0 saturated carbocycles. The molecule has 6 nitrogen and oxygen atoms in total. The molecule has 9 heteroatoms. The number of carbonyl (C=O) groups excluding carboxylic acids is 1. The Morgan fingerprint density at radius 3 is 2.50 bits per heavy atom. The molecule has 0 spiro atoms.